The summed E-state index contributed by atoms with van der Waals surface area (Å²) in [5, 5.41) is 63.2. The van der Waals surface area contributed by atoms with Crippen LogP contribution in [0.15, 0.2) is 0 Å². The van der Waals surface area contributed by atoms with Gasteiger partial charge in [-0.15, -0.1) is 0 Å². The third kappa shape index (κ3) is 42.9. The highest BCUT2D eigenvalue weighted by Gasteiger charge is 2.29. The Morgan fingerprint density at radius 1 is 0.457 bits per heavy atom. The maximum absolute atomic E-state index is 12.9. The molecule has 31 nitrogen and oxygen atoms in total. The van der Waals surface area contributed by atoms with Crippen LogP contribution in [-0.4, -0.2) is 261 Å². The molecule has 0 saturated carbocycles. The summed E-state index contributed by atoms with van der Waals surface area (Å²) >= 11 is 0. The van der Waals surface area contributed by atoms with Crippen molar-refractivity contribution >= 4 is 71.2 Å². The lowest BCUT2D eigenvalue weighted by Crippen LogP contribution is -2.50. The van der Waals surface area contributed by atoms with Crippen molar-refractivity contribution in [2.24, 2.45) is 11.7 Å². The van der Waals surface area contributed by atoms with Gasteiger partial charge >= 0.3 is 29.8 Å². The first kappa shape index (κ1) is 74.4. The molecule has 13 N–H and O–H groups in total. The summed E-state index contributed by atoms with van der Waals surface area (Å²) in [6.07, 6.45) is 3.41. The Kier molecular flexibility index (Phi) is 43.2. The molecule has 0 aromatic heterocycles. The summed E-state index contributed by atoms with van der Waals surface area (Å²) in [5.74, 6) is -9.57. The van der Waals surface area contributed by atoms with E-state index in [1.807, 2.05) is 6.92 Å². The van der Waals surface area contributed by atoms with Crippen LogP contribution in [0, 0.1) is 5.92 Å². The summed E-state index contributed by atoms with van der Waals surface area (Å²) in [6, 6.07) is -2.31. The number of carbonyl (C=O) groups excluding carboxylic acids is 7. The molecule has 0 spiro atoms. The minimum atomic E-state index is -1.40. The summed E-state index contributed by atoms with van der Waals surface area (Å²) in [4.78, 5) is 147. The quantitative estimate of drug-likeness (QED) is 0.0265. The van der Waals surface area contributed by atoms with Gasteiger partial charge in [-0.2, -0.15) is 0 Å². The van der Waals surface area contributed by atoms with Gasteiger partial charge in [0.1, 0.15) is 25.3 Å². The molecule has 31 heteroatoms. The van der Waals surface area contributed by atoms with Gasteiger partial charge in [-0.1, -0.05) is 13.3 Å². The third-order valence-corrected chi connectivity index (χ3v) is 11.8. The van der Waals surface area contributed by atoms with E-state index in [0.29, 0.717) is 38.8 Å². The molecule has 0 aliphatic carbocycles. The summed E-state index contributed by atoms with van der Waals surface area (Å²) < 4.78 is 21.4. The van der Waals surface area contributed by atoms with E-state index in [4.69, 9.17) is 24.7 Å². The van der Waals surface area contributed by atoms with Crippen molar-refractivity contribution in [2.75, 3.05) is 138 Å². The molecule has 7 amide bonds. The second-order valence-electron chi connectivity index (χ2n) is 18.5. The maximum atomic E-state index is 12.9. The Hall–Kier alpha value is -6.64. The topological polar surface area (TPSA) is 451 Å². The fourth-order valence-electron chi connectivity index (χ4n) is 7.69. The highest BCUT2D eigenvalue weighted by molar-refractivity contribution is 5.88. The Labute approximate surface area is 471 Å². The van der Waals surface area contributed by atoms with Crippen LogP contribution in [0.4, 0.5) is 0 Å². The van der Waals surface area contributed by atoms with Crippen LogP contribution in [0.1, 0.15) is 90.9 Å². The molecular formula is C50H88N10O21. The number of aliphatic carboxylic acids is 5. The number of hydrogen-bond donors (Lipinski definition) is 12. The molecule has 0 saturated heterocycles. The van der Waals surface area contributed by atoms with Crippen molar-refractivity contribution in [3.8, 4) is 0 Å². The van der Waals surface area contributed by atoms with Gasteiger partial charge in [-0.25, -0.2) is 0 Å². The zero-order valence-corrected chi connectivity index (χ0v) is 46.8. The highest BCUT2D eigenvalue weighted by Crippen LogP contribution is 2.12. The van der Waals surface area contributed by atoms with E-state index in [-0.39, 0.29) is 167 Å². The number of nitrogens with two attached hydrogens (primary N) is 1. The Morgan fingerprint density at radius 2 is 0.889 bits per heavy atom. The van der Waals surface area contributed by atoms with E-state index in [0.717, 1.165) is 22.6 Å². The molecule has 0 aromatic carbocycles. The summed E-state index contributed by atoms with van der Waals surface area (Å²) in [7, 11) is 0. The van der Waals surface area contributed by atoms with Crippen molar-refractivity contribution in [3.63, 3.8) is 0 Å². The lowest BCUT2D eigenvalue weighted by molar-refractivity contribution is -0.146. The number of unbranched alkanes of at least 4 members (excludes halogenated alkanes) is 2. The standard InChI is InChI=1S/C50H88N10O21/c1-3-36(48(51)74)10-5-7-17-54-42(64)34-80-28-27-79-25-19-56-43(65)35-81-29-26-78-24-18-55-39(61)12-9-13-41(63)57-37(49(75)52-4-2)11-6-8-16-53-40(62)15-14-38(50(76)77)60(22-20-58(30-44(66)67)31-45(68)69)23-21-59(32-46(70)71)33-47(72)73/h36-38H,3-35H2,1-2H3,(H2,51,74)(H,52,75)(H,53,62)(H,54,64)(H,55,61)(H,56,65)(H,57,63)(H,66,67)(H,68,69)(H,70,71)(H,72,73)(H,76,77)/t36-,37-,38-/m0/s1. The van der Waals surface area contributed by atoms with Crippen molar-refractivity contribution < 1.29 is 102 Å². The van der Waals surface area contributed by atoms with Gasteiger partial charge in [-0.3, -0.25) is 72.2 Å². The molecule has 0 radical (unpaired) electrons. The number of nitrogens with one attached hydrogen (secondary N) is 6. The molecule has 0 aliphatic rings. The van der Waals surface area contributed by atoms with Crippen LogP contribution in [0.3, 0.4) is 0 Å². The van der Waals surface area contributed by atoms with Crippen LogP contribution in [-0.2, 0) is 76.5 Å². The fraction of sp³-hybridized carbons (Fsp3) is 0.760. The van der Waals surface area contributed by atoms with Gasteiger partial charge in [0.05, 0.1) is 65.8 Å². The number of carbonyl (C=O) groups is 12. The van der Waals surface area contributed by atoms with Gasteiger partial charge in [0, 0.05) is 84.1 Å². The highest BCUT2D eigenvalue weighted by atomic mass is 16.5. The number of primary amides is 1. The molecule has 0 fully saturated rings. The second kappa shape index (κ2) is 47.0. The lowest BCUT2D eigenvalue weighted by atomic mass is 9.99. The normalized spacial score (nSPS) is 12.3. The molecule has 0 heterocycles. The van der Waals surface area contributed by atoms with Crippen molar-refractivity contribution in [3.05, 3.63) is 0 Å². The van der Waals surface area contributed by atoms with Crippen molar-refractivity contribution in [2.45, 2.75) is 103 Å². The van der Waals surface area contributed by atoms with E-state index in [1.165, 1.54) is 4.90 Å². The number of ether oxygens (including phenoxy) is 4. The maximum Gasteiger partial charge on any atom is 0.320 e. The van der Waals surface area contributed by atoms with E-state index in [2.05, 4.69) is 31.9 Å². The average molecular weight is 1170 g/mol. The van der Waals surface area contributed by atoms with Crippen LogP contribution >= 0.6 is 0 Å². The first-order chi connectivity index (χ1) is 38.6. The molecule has 0 aromatic rings. The molecule has 81 heavy (non-hydrogen) atoms. The molecule has 0 unspecified atom stereocenters. The van der Waals surface area contributed by atoms with Gasteiger partial charge < -0.3 is 82.1 Å². The largest absolute Gasteiger partial charge is 0.480 e. The average Bonchev–Trinajstić information content (AvgIpc) is 3.37. The zero-order valence-electron chi connectivity index (χ0n) is 46.8. The molecule has 0 aliphatic heterocycles. The Bertz CT molecular complexity index is 1860. The summed E-state index contributed by atoms with van der Waals surface area (Å²) in [5.41, 5.74) is 5.34. The smallest absolute Gasteiger partial charge is 0.320 e. The number of nitrogens with zero attached hydrogens (tertiary/aromatic N) is 3. The molecule has 3 atom stereocenters. The second-order valence-corrected chi connectivity index (χ2v) is 18.5. The van der Waals surface area contributed by atoms with Crippen molar-refractivity contribution in [1.82, 2.24) is 46.6 Å². The number of carboxylic acids is 5. The number of hydrogen-bond acceptors (Lipinski definition) is 19. The SMILES string of the molecule is CCNC(=O)[C@H](CCCCNC(=O)CC[C@@H](C(=O)O)N(CCN(CC(=O)O)CC(=O)O)CCN(CC(=O)O)CC(=O)O)NC(=O)CCCC(=O)NCCOCCOCC(=O)NCCOCCOCC(=O)NCCCC[C@H](CC)C(N)=O. The summed E-state index contributed by atoms with van der Waals surface area (Å²) in [6.45, 7) is 2.02. The first-order valence-electron chi connectivity index (χ1n) is 27.1. The van der Waals surface area contributed by atoms with E-state index in [9.17, 15) is 83.1 Å². The van der Waals surface area contributed by atoms with Crippen LogP contribution < -0.4 is 37.6 Å². The van der Waals surface area contributed by atoms with Gasteiger partial charge in [0.25, 0.3) is 0 Å². The number of amides is 7. The Balaban J connectivity index is 4.54. The molecule has 464 valence electrons. The number of rotatable bonds is 54. The van der Waals surface area contributed by atoms with Gasteiger partial charge in [0.15, 0.2) is 0 Å². The van der Waals surface area contributed by atoms with Crippen LogP contribution in [0.2, 0.25) is 0 Å². The predicted molar refractivity (Wildman–Crippen MR) is 286 cm³/mol. The van der Waals surface area contributed by atoms with Crippen molar-refractivity contribution in [1.29, 1.82) is 0 Å². The third-order valence-electron chi connectivity index (χ3n) is 11.8. The molecular weight excluding hydrogens is 1080 g/mol. The fourth-order valence-corrected chi connectivity index (χ4v) is 7.69. The zero-order chi connectivity index (χ0) is 60.8. The Morgan fingerprint density at radius 3 is 1.35 bits per heavy atom. The first-order valence-corrected chi connectivity index (χ1v) is 27.1. The lowest BCUT2D eigenvalue weighted by Gasteiger charge is -2.32. The van der Waals surface area contributed by atoms with E-state index in [1.54, 1.807) is 6.92 Å². The van der Waals surface area contributed by atoms with Crippen LogP contribution in [0.5, 0.6) is 0 Å². The molecule has 0 bridgehead atoms. The minimum Gasteiger partial charge on any atom is -0.480 e. The monoisotopic (exact) mass is 1160 g/mol. The van der Waals surface area contributed by atoms with Gasteiger partial charge in [-0.05, 0) is 58.3 Å². The van der Waals surface area contributed by atoms with Crippen LogP contribution in [0.25, 0.3) is 0 Å². The predicted octanol–water partition coefficient (Wildman–Crippen LogP) is -3.36. The molecule has 0 rings (SSSR count). The van der Waals surface area contributed by atoms with E-state index >= 15 is 0 Å². The number of carboxylic acid groups (broad SMARTS) is 5. The number of likely N-dealkylation sites (N-methyl/N-ethyl adjacent to an activating group) is 1. The minimum absolute atomic E-state index is 0.0272. The van der Waals surface area contributed by atoms with E-state index < -0.39 is 85.8 Å². The van der Waals surface area contributed by atoms with Gasteiger partial charge in [0.2, 0.25) is 41.4 Å².